The molecule has 3 aromatic rings. The summed E-state index contributed by atoms with van der Waals surface area (Å²) in [6, 6.07) is 15.5. The summed E-state index contributed by atoms with van der Waals surface area (Å²) in [5.74, 6) is 0.788. The van der Waals surface area contributed by atoms with Gasteiger partial charge in [-0.05, 0) is 32.0 Å². The maximum absolute atomic E-state index is 12.7. The largest absolute Gasteiger partial charge is 0.521 e. The Morgan fingerprint density at radius 2 is 1.77 bits per heavy atom. The third-order valence-corrected chi connectivity index (χ3v) is 4.34. The Morgan fingerprint density at radius 1 is 1.08 bits per heavy atom. The lowest BCUT2D eigenvalue weighted by Crippen LogP contribution is -2.46. The van der Waals surface area contributed by atoms with Crippen LogP contribution >= 0.6 is 0 Å². The highest BCUT2D eigenvalue weighted by Crippen LogP contribution is 2.25. The van der Waals surface area contributed by atoms with Crippen molar-refractivity contribution in [3.8, 4) is 5.75 Å². The number of fused-ring (bicyclic) bond motifs is 1. The van der Waals surface area contributed by atoms with Crippen LogP contribution in [-0.4, -0.2) is 31.3 Å². The first-order valence-corrected chi connectivity index (χ1v) is 8.71. The second-order valence-corrected chi connectivity index (χ2v) is 7.03. The molecule has 0 spiro atoms. The molecule has 2 aromatic carbocycles. The van der Waals surface area contributed by atoms with Crippen LogP contribution in [0.5, 0.6) is 5.75 Å². The quantitative estimate of drug-likeness (QED) is 0.667. The number of benzene rings is 2. The van der Waals surface area contributed by atoms with Crippen LogP contribution in [0.2, 0.25) is 0 Å². The molecule has 0 saturated carbocycles. The number of H-pyrrole nitrogens is 1. The van der Waals surface area contributed by atoms with Crippen molar-refractivity contribution < 1.29 is 14.3 Å². The van der Waals surface area contributed by atoms with E-state index in [-0.39, 0.29) is 23.3 Å². The molecule has 0 radical (unpaired) electrons. The lowest BCUT2D eigenvalue weighted by atomic mass is 10.2. The fourth-order valence-electron chi connectivity index (χ4n) is 2.83. The van der Waals surface area contributed by atoms with Gasteiger partial charge in [-0.15, -0.1) is 0 Å². The van der Waals surface area contributed by atoms with Gasteiger partial charge in [-0.2, -0.15) is 9.28 Å². The van der Waals surface area contributed by atoms with Crippen LogP contribution in [-0.2, 0) is 11.3 Å². The van der Waals surface area contributed by atoms with Gasteiger partial charge >= 0.3 is 6.09 Å². The number of aromatic nitrogens is 1. The number of ether oxygens (including phenoxy) is 2. The van der Waals surface area contributed by atoms with Crippen molar-refractivity contribution in [3.05, 3.63) is 60.3 Å². The number of rotatable bonds is 5. The molecule has 0 fully saturated rings. The van der Waals surface area contributed by atoms with Crippen LogP contribution < -0.4 is 9.22 Å². The first-order valence-electron chi connectivity index (χ1n) is 8.71. The van der Waals surface area contributed by atoms with E-state index in [2.05, 4.69) is 4.98 Å². The van der Waals surface area contributed by atoms with Crippen LogP contribution in [0.25, 0.3) is 10.9 Å². The highest BCUT2D eigenvalue weighted by Gasteiger charge is 2.31. The molecule has 26 heavy (non-hydrogen) atoms. The summed E-state index contributed by atoms with van der Waals surface area (Å²) in [5.41, 5.74) is 2.84. The average molecular weight is 353 g/mol. The molecular formula is C21H25N2O3+. The molecule has 0 aliphatic heterocycles. The highest BCUT2D eigenvalue weighted by molar-refractivity contribution is 5.84. The van der Waals surface area contributed by atoms with E-state index in [0.717, 1.165) is 27.9 Å². The molecule has 1 aromatic heterocycles. The SMILES string of the molecule is CC(C)Oc1ccc([N+](C)(C)C(=O)OCc2c[nH]c3ccccc23)cc1. The van der Waals surface area contributed by atoms with Gasteiger partial charge in [0.15, 0.2) is 0 Å². The number of hydrogen-bond donors (Lipinski definition) is 1. The summed E-state index contributed by atoms with van der Waals surface area (Å²) in [6.45, 7) is 4.20. The smallest absolute Gasteiger partial charge is 0.491 e. The summed E-state index contributed by atoms with van der Waals surface area (Å²) < 4.78 is 11.2. The molecule has 5 nitrogen and oxygen atoms in total. The molecule has 0 saturated heterocycles. The number of nitrogens with zero attached hydrogens (tertiary/aromatic N) is 1. The molecule has 136 valence electrons. The number of quaternary nitrogens is 1. The van der Waals surface area contributed by atoms with Crippen LogP contribution in [0.1, 0.15) is 19.4 Å². The van der Waals surface area contributed by atoms with Crippen molar-refractivity contribution in [2.45, 2.75) is 26.6 Å². The minimum absolute atomic E-state index is 0.00428. The Morgan fingerprint density at radius 3 is 2.46 bits per heavy atom. The normalized spacial score (nSPS) is 11.7. The molecule has 0 aliphatic carbocycles. The molecule has 0 atom stereocenters. The minimum atomic E-state index is -0.312. The molecule has 1 N–H and O–H groups in total. The Labute approximate surface area is 153 Å². The zero-order chi connectivity index (χ0) is 18.7. The number of carbonyl (C=O) groups is 1. The molecule has 1 heterocycles. The number of nitrogens with one attached hydrogen (secondary N) is 1. The second kappa shape index (κ2) is 7.22. The van der Waals surface area contributed by atoms with Gasteiger partial charge in [0, 0.05) is 34.8 Å². The van der Waals surface area contributed by atoms with E-state index < -0.39 is 0 Å². The summed E-state index contributed by atoms with van der Waals surface area (Å²) >= 11 is 0. The Kier molecular flexibility index (Phi) is 5.00. The van der Waals surface area contributed by atoms with Gasteiger partial charge in [0.05, 0.1) is 20.2 Å². The first kappa shape index (κ1) is 18.0. The summed E-state index contributed by atoms with van der Waals surface area (Å²) in [5, 5.41) is 1.07. The van der Waals surface area contributed by atoms with E-state index in [1.54, 1.807) is 0 Å². The molecule has 3 rings (SSSR count). The fraction of sp³-hybridized carbons (Fsp3) is 0.286. The van der Waals surface area contributed by atoms with Crippen molar-refractivity contribution in [1.82, 2.24) is 9.47 Å². The van der Waals surface area contributed by atoms with Gasteiger partial charge in [-0.3, -0.25) is 0 Å². The zero-order valence-corrected chi connectivity index (χ0v) is 15.7. The summed E-state index contributed by atoms with van der Waals surface area (Å²) in [7, 11) is 3.63. The lowest BCUT2D eigenvalue weighted by molar-refractivity contribution is 0.113. The van der Waals surface area contributed by atoms with E-state index in [4.69, 9.17) is 9.47 Å². The lowest BCUT2D eigenvalue weighted by Gasteiger charge is -2.25. The van der Waals surface area contributed by atoms with Gasteiger partial charge in [-0.25, -0.2) is 0 Å². The van der Waals surface area contributed by atoms with E-state index in [1.807, 2.05) is 82.7 Å². The van der Waals surface area contributed by atoms with Crippen LogP contribution in [0.4, 0.5) is 10.5 Å². The number of aromatic amines is 1. The van der Waals surface area contributed by atoms with Crippen molar-refractivity contribution >= 4 is 22.7 Å². The molecule has 5 heteroatoms. The maximum atomic E-state index is 12.7. The van der Waals surface area contributed by atoms with Gasteiger partial charge in [0.1, 0.15) is 18.0 Å². The molecular weight excluding hydrogens is 328 g/mol. The van der Waals surface area contributed by atoms with E-state index >= 15 is 0 Å². The van der Waals surface area contributed by atoms with Crippen molar-refractivity contribution in [3.63, 3.8) is 0 Å². The average Bonchev–Trinajstić information content (AvgIpc) is 3.03. The molecule has 1 amide bonds. The third kappa shape index (κ3) is 3.73. The Bertz CT molecular complexity index is 895. The fourth-order valence-corrected chi connectivity index (χ4v) is 2.83. The molecule has 0 bridgehead atoms. The van der Waals surface area contributed by atoms with E-state index in [1.165, 1.54) is 0 Å². The van der Waals surface area contributed by atoms with Crippen LogP contribution in [0, 0.1) is 0 Å². The molecule has 0 aliphatic rings. The Balaban J connectivity index is 1.69. The van der Waals surface area contributed by atoms with Crippen LogP contribution in [0.15, 0.2) is 54.7 Å². The second-order valence-electron chi connectivity index (χ2n) is 7.03. The third-order valence-electron chi connectivity index (χ3n) is 4.34. The van der Waals surface area contributed by atoms with Crippen molar-refractivity contribution in [2.24, 2.45) is 0 Å². The minimum Gasteiger partial charge on any atom is -0.491 e. The van der Waals surface area contributed by atoms with Gasteiger partial charge < -0.3 is 14.5 Å². The van der Waals surface area contributed by atoms with E-state index in [9.17, 15) is 4.79 Å². The first-order chi connectivity index (χ1) is 12.4. The number of amides is 1. The summed E-state index contributed by atoms with van der Waals surface area (Å²) in [6.07, 6.45) is 1.69. The van der Waals surface area contributed by atoms with E-state index in [0.29, 0.717) is 0 Å². The maximum Gasteiger partial charge on any atom is 0.521 e. The van der Waals surface area contributed by atoms with Crippen molar-refractivity contribution in [1.29, 1.82) is 0 Å². The standard InChI is InChI=1S/C21H25N2O3/c1-15(2)26-18-11-9-17(10-12-18)23(3,4)21(24)25-14-16-13-22-20-8-6-5-7-19(16)20/h5-13,15,22H,14H2,1-4H3/q+1. The predicted molar refractivity (Wildman–Crippen MR) is 104 cm³/mol. The van der Waals surface area contributed by atoms with Gasteiger partial charge in [0.2, 0.25) is 0 Å². The van der Waals surface area contributed by atoms with Gasteiger partial charge in [0.25, 0.3) is 0 Å². The Hall–Kier alpha value is -2.79. The van der Waals surface area contributed by atoms with Crippen LogP contribution in [0.3, 0.4) is 0 Å². The highest BCUT2D eigenvalue weighted by atomic mass is 16.6. The van der Waals surface area contributed by atoms with Crippen molar-refractivity contribution in [2.75, 3.05) is 14.1 Å². The number of carbonyl (C=O) groups excluding carboxylic acids is 1. The number of para-hydroxylation sites is 1. The number of hydrogen-bond acceptors (Lipinski definition) is 3. The predicted octanol–water partition coefficient (Wildman–Crippen LogP) is 4.86. The topological polar surface area (TPSA) is 51.3 Å². The summed E-state index contributed by atoms with van der Waals surface area (Å²) in [4.78, 5) is 15.9. The van der Waals surface area contributed by atoms with Gasteiger partial charge in [-0.1, -0.05) is 18.2 Å². The molecule has 0 unspecified atom stereocenters. The zero-order valence-electron chi connectivity index (χ0n) is 15.7. The monoisotopic (exact) mass is 353 g/mol.